The third kappa shape index (κ3) is 2.51. The molecule has 5 nitrogen and oxygen atoms in total. The highest BCUT2D eigenvalue weighted by atomic mass is 16.5. The summed E-state index contributed by atoms with van der Waals surface area (Å²) in [4.78, 5) is 15.7. The number of benzene rings is 1. The summed E-state index contributed by atoms with van der Waals surface area (Å²) in [7, 11) is 1.61. The molecule has 2 aromatic rings. The van der Waals surface area contributed by atoms with Crippen LogP contribution in [0, 0.1) is 12.8 Å². The van der Waals surface area contributed by atoms with Crippen molar-refractivity contribution < 1.29 is 14.6 Å². The molecule has 1 aliphatic rings. The predicted octanol–water partition coefficient (Wildman–Crippen LogP) is 2.98. The van der Waals surface area contributed by atoms with Crippen molar-refractivity contribution in [3.05, 3.63) is 35.7 Å². The molecular formula is C16H18N2O3. The lowest BCUT2D eigenvalue weighted by Gasteiger charge is -2.12. The van der Waals surface area contributed by atoms with Crippen LogP contribution in [-0.2, 0) is 6.54 Å². The van der Waals surface area contributed by atoms with Crippen LogP contribution in [0.5, 0.6) is 5.75 Å². The molecule has 1 aromatic carbocycles. The molecule has 1 saturated carbocycles. The molecular weight excluding hydrogens is 268 g/mol. The van der Waals surface area contributed by atoms with Crippen LogP contribution in [0.3, 0.4) is 0 Å². The van der Waals surface area contributed by atoms with Crippen LogP contribution in [0.2, 0.25) is 0 Å². The molecule has 1 aromatic heterocycles. The summed E-state index contributed by atoms with van der Waals surface area (Å²) in [5.74, 6) is 1.02. The standard InChI is InChI=1S/C16H18N2O3/c1-10-14(16(19)20)17-15(18(10)9-11-7-8-11)12-5-3-4-6-13(12)21-2/h3-6,11H,7-9H2,1-2H3,(H,19,20). The van der Waals surface area contributed by atoms with E-state index in [0.717, 1.165) is 12.1 Å². The second-order valence-corrected chi connectivity index (χ2v) is 5.43. The van der Waals surface area contributed by atoms with Gasteiger partial charge in [0.05, 0.1) is 12.7 Å². The predicted molar refractivity (Wildman–Crippen MR) is 78.6 cm³/mol. The van der Waals surface area contributed by atoms with Crippen molar-refractivity contribution in [3.8, 4) is 17.1 Å². The minimum absolute atomic E-state index is 0.122. The van der Waals surface area contributed by atoms with E-state index in [1.165, 1.54) is 12.8 Å². The molecule has 5 heteroatoms. The maximum Gasteiger partial charge on any atom is 0.356 e. The fourth-order valence-electron chi connectivity index (χ4n) is 2.55. The quantitative estimate of drug-likeness (QED) is 0.917. The van der Waals surface area contributed by atoms with E-state index in [0.29, 0.717) is 23.2 Å². The second-order valence-electron chi connectivity index (χ2n) is 5.43. The van der Waals surface area contributed by atoms with Crippen molar-refractivity contribution in [3.63, 3.8) is 0 Å². The van der Waals surface area contributed by atoms with Crippen LogP contribution in [-0.4, -0.2) is 27.7 Å². The van der Waals surface area contributed by atoms with Gasteiger partial charge in [0.1, 0.15) is 11.6 Å². The van der Waals surface area contributed by atoms with Crippen LogP contribution in [0.25, 0.3) is 11.4 Å². The van der Waals surface area contributed by atoms with E-state index in [1.54, 1.807) is 7.11 Å². The molecule has 3 rings (SSSR count). The van der Waals surface area contributed by atoms with Gasteiger partial charge in [0.2, 0.25) is 0 Å². The Morgan fingerprint density at radius 3 is 2.76 bits per heavy atom. The number of carboxylic acids is 1. The van der Waals surface area contributed by atoms with Gasteiger partial charge in [-0.3, -0.25) is 0 Å². The molecule has 1 aliphatic carbocycles. The molecule has 1 N–H and O–H groups in total. The summed E-state index contributed by atoms with van der Waals surface area (Å²) >= 11 is 0. The van der Waals surface area contributed by atoms with Gasteiger partial charge in [-0.15, -0.1) is 0 Å². The molecule has 0 amide bonds. The smallest absolute Gasteiger partial charge is 0.356 e. The van der Waals surface area contributed by atoms with Gasteiger partial charge in [0, 0.05) is 12.2 Å². The van der Waals surface area contributed by atoms with Crippen LogP contribution >= 0.6 is 0 Å². The first-order valence-corrected chi connectivity index (χ1v) is 7.05. The number of rotatable bonds is 5. The fraction of sp³-hybridized carbons (Fsp3) is 0.375. The van der Waals surface area contributed by atoms with Crippen molar-refractivity contribution in [2.24, 2.45) is 5.92 Å². The largest absolute Gasteiger partial charge is 0.496 e. The number of methoxy groups -OCH3 is 1. The van der Waals surface area contributed by atoms with Crippen molar-refractivity contribution in [2.45, 2.75) is 26.3 Å². The molecule has 0 unspecified atom stereocenters. The Bertz CT molecular complexity index is 687. The average molecular weight is 286 g/mol. The molecule has 0 radical (unpaired) electrons. The third-order valence-corrected chi connectivity index (χ3v) is 3.91. The van der Waals surface area contributed by atoms with Gasteiger partial charge < -0.3 is 14.4 Å². The van der Waals surface area contributed by atoms with E-state index in [1.807, 2.05) is 35.8 Å². The zero-order valence-corrected chi connectivity index (χ0v) is 12.2. The first-order valence-electron chi connectivity index (χ1n) is 7.05. The van der Waals surface area contributed by atoms with Crippen molar-refractivity contribution in [1.82, 2.24) is 9.55 Å². The molecule has 0 spiro atoms. The number of hydrogen-bond donors (Lipinski definition) is 1. The highest BCUT2D eigenvalue weighted by molar-refractivity contribution is 5.88. The number of carbonyl (C=O) groups is 1. The summed E-state index contributed by atoms with van der Waals surface area (Å²) < 4.78 is 7.40. The van der Waals surface area contributed by atoms with Gasteiger partial charge in [-0.05, 0) is 37.8 Å². The highest BCUT2D eigenvalue weighted by Crippen LogP contribution is 2.35. The van der Waals surface area contributed by atoms with Gasteiger partial charge in [0.25, 0.3) is 0 Å². The van der Waals surface area contributed by atoms with Crippen molar-refractivity contribution >= 4 is 5.97 Å². The number of nitrogens with zero attached hydrogens (tertiary/aromatic N) is 2. The van der Waals surface area contributed by atoms with Crippen LogP contribution < -0.4 is 4.74 Å². The first kappa shape index (κ1) is 13.7. The fourth-order valence-corrected chi connectivity index (χ4v) is 2.55. The summed E-state index contributed by atoms with van der Waals surface area (Å²) in [6.07, 6.45) is 2.40. The van der Waals surface area contributed by atoms with Crippen LogP contribution in [0.4, 0.5) is 0 Å². The molecule has 0 aliphatic heterocycles. The van der Waals surface area contributed by atoms with E-state index in [2.05, 4.69) is 4.98 Å². The number of aromatic nitrogens is 2. The molecule has 0 bridgehead atoms. The lowest BCUT2D eigenvalue weighted by molar-refractivity contribution is 0.0690. The van der Waals surface area contributed by atoms with E-state index in [-0.39, 0.29) is 5.69 Å². The van der Waals surface area contributed by atoms with Gasteiger partial charge >= 0.3 is 5.97 Å². The molecule has 0 atom stereocenters. The normalized spacial score (nSPS) is 14.2. The maximum atomic E-state index is 11.4. The number of ether oxygens (including phenoxy) is 1. The average Bonchev–Trinajstić information content (AvgIpc) is 3.24. The minimum atomic E-state index is -0.988. The lowest BCUT2D eigenvalue weighted by atomic mass is 10.2. The molecule has 1 fully saturated rings. The van der Waals surface area contributed by atoms with E-state index < -0.39 is 5.97 Å². The first-order chi connectivity index (χ1) is 10.1. The number of hydrogen-bond acceptors (Lipinski definition) is 3. The Labute approximate surface area is 123 Å². The van der Waals surface area contributed by atoms with Gasteiger partial charge in [-0.2, -0.15) is 0 Å². The summed E-state index contributed by atoms with van der Waals surface area (Å²) in [5, 5.41) is 9.32. The lowest BCUT2D eigenvalue weighted by Crippen LogP contribution is -2.06. The Morgan fingerprint density at radius 1 is 1.43 bits per heavy atom. The Kier molecular flexibility index (Phi) is 3.41. The number of aromatic carboxylic acids is 1. The van der Waals surface area contributed by atoms with Crippen LogP contribution in [0.15, 0.2) is 24.3 Å². The van der Waals surface area contributed by atoms with Crippen LogP contribution in [0.1, 0.15) is 29.0 Å². The Morgan fingerprint density at radius 2 is 2.14 bits per heavy atom. The maximum absolute atomic E-state index is 11.4. The van der Waals surface area contributed by atoms with E-state index in [4.69, 9.17) is 4.74 Å². The van der Waals surface area contributed by atoms with E-state index >= 15 is 0 Å². The van der Waals surface area contributed by atoms with Gasteiger partial charge in [0.15, 0.2) is 5.69 Å². The summed E-state index contributed by atoms with van der Waals surface area (Å²) in [6, 6.07) is 7.57. The number of para-hydroxylation sites is 1. The zero-order valence-electron chi connectivity index (χ0n) is 12.2. The number of imidazole rings is 1. The molecule has 21 heavy (non-hydrogen) atoms. The monoisotopic (exact) mass is 286 g/mol. The molecule has 1 heterocycles. The molecule has 110 valence electrons. The van der Waals surface area contributed by atoms with Crippen molar-refractivity contribution in [1.29, 1.82) is 0 Å². The Balaban J connectivity index is 2.15. The SMILES string of the molecule is COc1ccccc1-c1nc(C(=O)O)c(C)n1CC1CC1. The summed E-state index contributed by atoms with van der Waals surface area (Å²) in [5.41, 5.74) is 1.66. The van der Waals surface area contributed by atoms with Gasteiger partial charge in [-0.1, -0.05) is 12.1 Å². The highest BCUT2D eigenvalue weighted by Gasteiger charge is 2.27. The van der Waals surface area contributed by atoms with Gasteiger partial charge in [-0.25, -0.2) is 9.78 Å². The number of carboxylic acid groups (broad SMARTS) is 1. The minimum Gasteiger partial charge on any atom is -0.496 e. The molecule has 0 saturated heterocycles. The Hall–Kier alpha value is -2.30. The van der Waals surface area contributed by atoms with E-state index in [9.17, 15) is 9.90 Å². The van der Waals surface area contributed by atoms with Crippen molar-refractivity contribution in [2.75, 3.05) is 7.11 Å². The third-order valence-electron chi connectivity index (χ3n) is 3.91. The topological polar surface area (TPSA) is 64.3 Å². The summed E-state index contributed by atoms with van der Waals surface area (Å²) in [6.45, 7) is 2.64. The zero-order chi connectivity index (χ0) is 15.0. The second kappa shape index (κ2) is 5.24.